The Labute approximate surface area is 181 Å². The van der Waals surface area contributed by atoms with Gasteiger partial charge < -0.3 is 9.47 Å². The fourth-order valence-corrected chi connectivity index (χ4v) is 4.22. The van der Waals surface area contributed by atoms with Crippen LogP contribution in [0.5, 0.6) is 11.5 Å². The first-order valence-corrected chi connectivity index (χ1v) is 10.9. The van der Waals surface area contributed by atoms with E-state index in [9.17, 15) is 4.79 Å². The zero-order chi connectivity index (χ0) is 21.0. The number of carbonyl (C=O) groups is 1. The van der Waals surface area contributed by atoms with Crippen LogP contribution in [0.2, 0.25) is 0 Å². The van der Waals surface area contributed by atoms with Gasteiger partial charge in [0.15, 0.2) is 15.8 Å². The zero-order valence-electron chi connectivity index (χ0n) is 17.2. The van der Waals surface area contributed by atoms with Gasteiger partial charge in [0.05, 0.1) is 23.8 Å². The minimum absolute atomic E-state index is 0.104. The number of thioether (sulfide) groups is 1. The molecule has 152 valence electrons. The first-order chi connectivity index (χ1) is 13.9. The number of aryl methyl sites for hydroxylation is 2. The van der Waals surface area contributed by atoms with E-state index in [0.29, 0.717) is 33.9 Å². The summed E-state index contributed by atoms with van der Waals surface area (Å²) < 4.78 is 12.0. The number of hydrogen-bond donors (Lipinski definition) is 0. The van der Waals surface area contributed by atoms with E-state index in [4.69, 9.17) is 21.7 Å². The molecule has 2 aromatic carbocycles. The summed E-state index contributed by atoms with van der Waals surface area (Å²) in [5.74, 6) is 1.29. The topological polar surface area (TPSA) is 38.8 Å². The van der Waals surface area contributed by atoms with E-state index >= 15 is 0 Å². The molecule has 1 heterocycles. The van der Waals surface area contributed by atoms with E-state index in [1.807, 2.05) is 63.2 Å². The summed E-state index contributed by atoms with van der Waals surface area (Å²) in [5, 5.41) is 0. The van der Waals surface area contributed by atoms with Crippen molar-refractivity contribution in [2.24, 2.45) is 0 Å². The Bertz CT molecular complexity index is 969. The standard InChI is InChI=1S/C23H25NO3S2/c1-5-11-27-19-10-8-17(13-20(19)26-6-2)14-21-22(25)24(23(28)29-21)18-9-7-15(3)16(4)12-18/h7-10,12-14H,5-6,11H2,1-4H3. The van der Waals surface area contributed by atoms with Gasteiger partial charge in [-0.1, -0.05) is 43.0 Å². The van der Waals surface area contributed by atoms with Gasteiger partial charge in [0, 0.05) is 0 Å². The van der Waals surface area contributed by atoms with Crippen LogP contribution in [0.1, 0.15) is 37.0 Å². The normalized spacial score (nSPS) is 15.3. The smallest absolute Gasteiger partial charge is 0.270 e. The minimum Gasteiger partial charge on any atom is -0.490 e. The van der Waals surface area contributed by atoms with Crippen molar-refractivity contribution < 1.29 is 14.3 Å². The molecule has 4 nitrogen and oxygen atoms in total. The number of anilines is 1. The third-order valence-electron chi connectivity index (χ3n) is 4.57. The van der Waals surface area contributed by atoms with Gasteiger partial charge in [-0.15, -0.1) is 0 Å². The molecule has 0 spiro atoms. The molecule has 0 radical (unpaired) electrons. The lowest BCUT2D eigenvalue weighted by Gasteiger charge is -2.16. The molecule has 0 saturated carbocycles. The lowest BCUT2D eigenvalue weighted by molar-refractivity contribution is -0.113. The summed E-state index contributed by atoms with van der Waals surface area (Å²) in [6.45, 7) is 9.25. The molecule has 1 aliphatic heterocycles. The summed E-state index contributed by atoms with van der Waals surface area (Å²) in [4.78, 5) is 15.2. The summed E-state index contributed by atoms with van der Waals surface area (Å²) >= 11 is 6.80. The average Bonchev–Trinajstić information content (AvgIpc) is 2.97. The number of ether oxygens (including phenoxy) is 2. The van der Waals surface area contributed by atoms with Gasteiger partial charge in [0.2, 0.25) is 0 Å². The largest absolute Gasteiger partial charge is 0.490 e. The van der Waals surface area contributed by atoms with E-state index in [1.54, 1.807) is 4.90 Å². The molecule has 6 heteroatoms. The minimum atomic E-state index is -0.104. The maximum absolute atomic E-state index is 13.0. The maximum Gasteiger partial charge on any atom is 0.270 e. The Hall–Kier alpha value is -2.31. The summed E-state index contributed by atoms with van der Waals surface area (Å²) in [7, 11) is 0. The SMILES string of the molecule is CCCOc1ccc(C=C2SC(=S)N(c3ccc(C)c(C)c3)C2=O)cc1OCC. The van der Waals surface area contributed by atoms with Gasteiger partial charge in [-0.3, -0.25) is 9.69 Å². The van der Waals surface area contributed by atoms with Crippen LogP contribution in [0.25, 0.3) is 6.08 Å². The van der Waals surface area contributed by atoms with Crippen LogP contribution < -0.4 is 14.4 Å². The number of hydrogen-bond acceptors (Lipinski definition) is 5. The molecule has 2 aromatic rings. The number of amides is 1. The monoisotopic (exact) mass is 427 g/mol. The van der Waals surface area contributed by atoms with Crippen molar-refractivity contribution in [1.29, 1.82) is 0 Å². The molecule has 0 unspecified atom stereocenters. The number of carbonyl (C=O) groups excluding carboxylic acids is 1. The molecule has 1 fully saturated rings. The Morgan fingerprint density at radius 1 is 1.03 bits per heavy atom. The molecule has 29 heavy (non-hydrogen) atoms. The van der Waals surface area contributed by atoms with Crippen molar-refractivity contribution in [1.82, 2.24) is 0 Å². The molecule has 1 amide bonds. The van der Waals surface area contributed by atoms with Gasteiger partial charge in [-0.05, 0) is 74.2 Å². The van der Waals surface area contributed by atoms with Crippen molar-refractivity contribution in [3.8, 4) is 11.5 Å². The second kappa shape index (κ2) is 9.46. The fourth-order valence-electron chi connectivity index (χ4n) is 2.92. The highest BCUT2D eigenvalue weighted by Gasteiger charge is 2.33. The molecule has 0 atom stereocenters. The third-order valence-corrected chi connectivity index (χ3v) is 5.87. The van der Waals surface area contributed by atoms with Crippen LogP contribution in [-0.2, 0) is 4.79 Å². The summed E-state index contributed by atoms with van der Waals surface area (Å²) in [5.41, 5.74) is 3.99. The highest BCUT2D eigenvalue weighted by molar-refractivity contribution is 8.27. The quantitative estimate of drug-likeness (QED) is 0.406. The van der Waals surface area contributed by atoms with Crippen LogP contribution in [-0.4, -0.2) is 23.4 Å². The van der Waals surface area contributed by atoms with Crippen molar-refractivity contribution in [3.63, 3.8) is 0 Å². The van der Waals surface area contributed by atoms with E-state index in [0.717, 1.165) is 23.2 Å². The molecule has 0 N–H and O–H groups in total. The lowest BCUT2D eigenvalue weighted by atomic mass is 10.1. The number of rotatable bonds is 7. The number of benzene rings is 2. The molecule has 0 aliphatic carbocycles. The predicted molar refractivity (Wildman–Crippen MR) is 125 cm³/mol. The first kappa shape index (κ1) is 21.4. The van der Waals surface area contributed by atoms with Crippen molar-refractivity contribution in [2.45, 2.75) is 34.1 Å². The highest BCUT2D eigenvalue weighted by atomic mass is 32.2. The van der Waals surface area contributed by atoms with Gasteiger partial charge in [0.1, 0.15) is 0 Å². The van der Waals surface area contributed by atoms with Gasteiger partial charge in [-0.25, -0.2) is 0 Å². The molecular formula is C23H25NO3S2. The third kappa shape index (κ3) is 4.82. The van der Waals surface area contributed by atoms with E-state index < -0.39 is 0 Å². The van der Waals surface area contributed by atoms with Crippen LogP contribution in [0.4, 0.5) is 5.69 Å². The van der Waals surface area contributed by atoms with E-state index in [1.165, 1.54) is 17.3 Å². The van der Waals surface area contributed by atoms with Crippen molar-refractivity contribution >= 4 is 46.0 Å². The van der Waals surface area contributed by atoms with Crippen molar-refractivity contribution in [2.75, 3.05) is 18.1 Å². The Kier molecular flexibility index (Phi) is 6.98. The number of nitrogens with zero attached hydrogens (tertiary/aromatic N) is 1. The van der Waals surface area contributed by atoms with Gasteiger partial charge in [0.25, 0.3) is 5.91 Å². The van der Waals surface area contributed by atoms with E-state index in [2.05, 4.69) is 6.92 Å². The Morgan fingerprint density at radius 2 is 1.83 bits per heavy atom. The average molecular weight is 428 g/mol. The van der Waals surface area contributed by atoms with Crippen molar-refractivity contribution in [3.05, 3.63) is 58.0 Å². The Morgan fingerprint density at radius 3 is 2.52 bits per heavy atom. The predicted octanol–water partition coefficient (Wildman–Crippen LogP) is 5.90. The van der Waals surface area contributed by atoms with E-state index in [-0.39, 0.29) is 5.91 Å². The molecule has 3 rings (SSSR count). The molecule has 1 saturated heterocycles. The van der Waals surface area contributed by atoms with Crippen LogP contribution in [0.3, 0.4) is 0 Å². The summed E-state index contributed by atoms with van der Waals surface area (Å²) in [6.07, 6.45) is 2.78. The van der Waals surface area contributed by atoms with Crippen LogP contribution in [0, 0.1) is 13.8 Å². The van der Waals surface area contributed by atoms with Crippen LogP contribution >= 0.6 is 24.0 Å². The lowest BCUT2D eigenvalue weighted by Crippen LogP contribution is -2.27. The van der Waals surface area contributed by atoms with Crippen LogP contribution in [0.15, 0.2) is 41.3 Å². The zero-order valence-corrected chi connectivity index (χ0v) is 18.8. The molecular weight excluding hydrogens is 402 g/mol. The molecule has 1 aliphatic rings. The first-order valence-electron chi connectivity index (χ1n) is 9.69. The van der Waals surface area contributed by atoms with Gasteiger partial charge >= 0.3 is 0 Å². The summed E-state index contributed by atoms with van der Waals surface area (Å²) in [6, 6.07) is 11.7. The maximum atomic E-state index is 13.0. The van der Waals surface area contributed by atoms with Gasteiger partial charge in [-0.2, -0.15) is 0 Å². The highest BCUT2D eigenvalue weighted by Crippen LogP contribution is 2.37. The Balaban J connectivity index is 1.88. The second-order valence-electron chi connectivity index (χ2n) is 6.77. The number of thiocarbonyl (C=S) groups is 1. The molecule has 0 aromatic heterocycles. The second-order valence-corrected chi connectivity index (χ2v) is 8.45. The fraction of sp³-hybridized carbons (Fsp3) is 0.304. The molecule has 0 bridgehead atoms.